The third-order valence-electron chi connectivity index (χ3n) is 3.02. The Labute approximate surface area is 92.2 Å². The Morgan fingerprint density at radius 1 is 1.44 bits per heavy atom. The second kappa shape index (κ2) is 4.20. The highest BCUT2D eigenvalue weighted by molar-refractivity contribution is 5.51. The minimum absolute atomic E-state index is 0.0226. The highest BCUT2D eigenvalue weighted by Crippen LogP contribution is 2.50. The van der Waals surface area contributed by atoms with Crippen molar-refractivity contribution in [3.63, 3.8) is 0 Å². The molecule has 0 spiro atoms. The van der Waals surface area contributed by atoms with Crippen LogP contribution >= 0.6 is 0 Å². The summed E-state index contributed by atoms with van der Waals surface area (Å²) in [6.07, 6.45) is 1.99. The summed E-state index contributed by atoms with van der Waals surface area (Å²) in [4.78, 5) is 10.3. The fourth-order valence-corrected chi connectivity index (χ4v) is 2.00. The number of ether oxygens (including phenoxy) is 1. The molecule has 86 valence electrons. The van der Waals surface area contributed by atoms with Crippen LogP contribution in [0.15, 0.2) is 12.1 Å². The van der Waals surface area contributed by atoms with Crippen molar-refractivity contribution in [3.05, 3.63) is 29.3 Å². The first-order valence-corrected chi connectivity index (χ1v) is 5.14. The van der Waals surface area contributed by atoms with Crippen LogP contribution in [0.25, 0.3) is 0 Å². The molecule has 0 heterocycles. The van der Waals surface area contributed by atoms with Crippen molar-refractivity contribution >= 4 is 6.29 Å². The van der Waals surface area contributed by atoms with E-state index >= 15 is 0 Å². The van der Waals surface area contributed by atoms with E-state index in [0.717, 1.165) is 12.7 Å². The van der Waals surface area contributed by atoms with Gasteiger partial charge in [0.1, 0.15) is 6.29 Å². The van der Waals surface area contributed by atoms with E-state index in [0.29, 0.717) is 12.0 Å². The van der Waals surface area contributed by atoms with Crippen LogP contribution in [0.4, 0.5) is 8.78 Å². The van der Waals surface area contributed by atoms with Crippen LogP contribution in [0.2, 0.25) is 0 Å². The normalized spacial score (nSPS) is 22.9. The molecule has 1 aromatic rings. The first-order chi connectivity index (χ1) is 7.69. The van der Waals surface area contributed by atoms with Crippen molar-refractivity contribution in [1.82, 2.24) is 0 Å². The number of rotatable bonds is 4. The van der Waals surface area contributed by atoms with Crippen LogP contribution in [0, 0.1) is 17.6 Å². The number of hydrogen-bond acceptors (Lipinski definition) is 2. The van der Waals surface area contributed by atoms with Gasteiger partial charge in [-0.15, -0.1) is 0 Å². The van der Waals surface area contributed by atoms with Gasteiger partial charge in [-0.3, -0.25) is 0 Å². The molecule has 1 fully saturated rings. The Hall–Kier alpha value is -1.45. The smallest absolute Gasteiger partial charge is 0.200 e. The quantitative estimate of drug-likeness (QED) is 0.738. The average molecular weight is 226 g/mol. The average Bonchev–Trinajstić information content (AvgIpc) is 3.02. The molecular weight excluding hydrogens is 214 g/mol. The van der Waals surface area contributed by atoms with Gasteiger partial charge in [0.25, 0.3) is 0 Å². The number of benzene rings is 1. The van der Waals surface area contributed by atoms with Gasteiger partial charge in [0.2, 0.25) is 5.82 Å². The maximum absolute atomic E-state index is 13.6. The van der Waals surface area contributed by atoms with Gasteiger partial charge in [-0.05, 0) is 29.9 Å². The molecule has 4 heteroatoms. The van der Waals surface area contributed by atoms with E-state index in [9.17, 15) is 13.6 Å². The van der Waals surface area contributed by atoms with Crippen LogP contribution in [-0.2, 0) is 4.79 Å². The summed E-state index contributed by atoms with van der Waals surface area (Å²) in [5.41, 5.74) is 0.352. The summed E-state index contributed by atoms with van der Waals surface area (Å²) in [5, 5.41) is 0. The molecule has 2 unspecified atom stereocenters. The van der Waals surface area contributed by atoms with Gasteiger partial charge in [-0.1, -0.05) is 6.07 Å². The molecule has 1 aliphatic carbocycles. The third-order valence-corrected chi connectivity index (χ3v) is 3.02. The lowest BCUT2D eigenvalue weighted by Gasteiger charge is -2.06. The lowest BCUT2D eigenvalue weighted by molar-refractivity contribution is -0.108. The van der Waals surface area contributed by atoms with Crippen LogP contribution in [0.3, 0.4) is 0 Å². The Balaban J connectivity index is 2.24. The molecule has 0 bridgehead atoms. The van der Waals surface area contributed by atoms with E-state index in [-0.39, 0.29) is 17.6 Å². The van der Waals surface area contributed by atoms with E-state index in [1.165, 1.54) is 19.2 Å². The van der Waals surface area contributed by atoms with Crippen molar-refractivity contribution in [2.75, 3.05) is 7.11 Å². The first kappa shape index (κ1) is 11.0. The molecule has 0 aromatic heterocycles. The fraction of sp³-hybridized carbons (Fsp3) is 0.417. The molecule has 0 saturated heterocycles. The largest absolute Gasteiger partial charge is 0.494 e. The molecule has 2 nitrogen and oxygen atoms in total. The fourth-order valence-electron chi connectivity index (χ4n) is 2.00. The van der Waals surface area contributed by atoms with E-state index in [1.54, 1.807) is 0 Å². The molecule has 2 rings (SSSR count). The van der Waals surface area contributed by atoms with Crippen LogP contribution in [-0.4, -0.2) is 13.4 Å². The number of hydrogen-bond donors (Lipinski definition) is 0. The summed E-state index contributed by atoms with van der Waals surface area (Å²) in [6, 6.07) is 2.96. The highest BCUT2D eigenvalue weighted by atomic mass is 19.2. The molecule has 0 N–H and O–H groups in total. The lowest BCUT2D eigenvalue weighted by atomic mass is 10.1. The van der Waals surface area contributed by atoms with Crippen LogP contribution in [0.5, 0.6) is 5.75 Å². The minimum Gasteiger partial charge on any atom is -0.494 e. The number of carbonyl (C=O) groups is 1. The summed E-state index contributed by atoms with van der Waals surface area (Å²) < 4.78 is 31.7. The zero-order chi connectivity index (χ0) is 11.7. The SMILES string of the molecule is COc1ccc(C2CC2CC=O)c(F)c1F. The predicted molar refractivity (Wildman–Crippen MR) is 54.4 cm³/mol. The van der Waals surface area contributed by atoms with E-state index in [4.69, 9.17) is 0 Å². The predicted octanol–water partition coefficient (Wildman–Crippen LogP) is 2.67. The summed E-state index contributed by atoms with van der Waals surface area (Å²) in [6.45, 7) is 0. The van der Waals surface area contributed by atoms with Crippen molar-refractivity contribution in [1.29, 1.82) is 0 Å². The standard InChI is InChI=1S/C12H12F2O2/c1-16-10-3-2-8(11(13)12(10)14)9-6-7(9)4-5-15/h2-3,5,7,9H,4,6H2,1H3. The number of methoxy groups -OCH3 is 1. The maximum atomic E-state index is 13.6. The van der Waals surface area contributed by atoms with Gasteiger partial charge in [0.05, 0.1) is 7.11 Å². The van der Waals surface area contributed by atoms with Gasteiger partial charge < -0.3 is 9.53 Å². The molecule has 1 aromatic carbocycles. The van der Waals surface area contributed by atoms with Gasteiger partial charge in [0, 0.05) is 6.42 Å². The Morgan fingerprint density at radius 3 is 2.81 bits per heavy atom. The minimum atomic E-state index is -0.947. The van der Waals surface area contributed by atoms with Gasteiger partial charge in [-0.25, -0.2) is 4.39 Å². The lowest BCUT2D eigenvalue weighted by Crippen LogP contribution is -1.97. The molecule has 1 aliphatic rings. The number of carbonyl (C=O) groups excluding carboxylic acids is 1. The molecule has 0 amide bonds. The first-order valence-electron chi connectivity index (χ1n) is 5.14. The summed E-state index contributed by atoms with van der Waals surface area (Å²) >= 11 is 0. The molecule has 2 atom stereocenters. The topological polar surface area (TPSA) is 26.3 Å². The van der Waals surface area contributed by atoms with Crippen molar-refractivity contribution in [2.45, 2.75) is 18.8 Å². The van der Waals surface area contributed by atoms with E-state index < -0.39 is 11.6 Å². The second-order valence-corrected chi connectivity index (χ2v) is 3.99. The number of aldehydes is 1. The number of halogens is 2. The Bertz CT molecular complexity index is 418. The molecule has 0 aliphatic heterocycles. The second-order valence-electron chi connectivity index (χ2n) is 3.99. The maximum Gasteiger partial charge on any atom is 0.200 e. The van der Waals surface area contributed by atoms with Gasteiger partial charge in [0.15, 0.2) is 11.6 Å². The van der Waals surface area contributed by atoms with Crippen molar-refractivity contribution in [3.8, 4) is 5.75 Å². The van der Waals surface area contributed by atoms with Gasteiger partial charge in [-0.2, -0.15) is 4.39 Å². The Morgan fingerprint density at radius 2 is 2.19 bits per heavy atom. The van der Waals surface area contributed by atoms with Gasteiger partial charge >= 0.3 is 0 Å². The third kappa shape index (κ3) is 1.79. The van der Waals surface area contributed by atoms with Crippen molar-refractivity contribution < 1.29 is 18.3 Å². The van der Waals surface area contributed by atoms with E-state index in [2.05, 4.69) is 4.74 Å². The molecule has 0 radical (unpaired) electrons. The zero-order valence-corrected chi connectivity index (χ0v) is 8.87. The van der Waals surface area contributed by atoms with Crippen LogP contribution in [0.1, 0.15) is 24.3 Å². The summed E-state index contributed by atoms with van der Waals surface area (Å²) in [5.74, 6) is -1.74. The Kier molecular flexibility index (Phi) is 2.90. The molecule has 16 heavy (non-hydrogen) atoms. The molecular formula is C12H12F2O2. The van der Waals surface area contributed by atoms with Crippen LogP contribution < -0.4 is 4.74 Å². The molecule has 1 saturated carbocycles. The monoisotopic (exact) mass is 226 g/mol. The zero-order valence-electron chi connectivity index (χ0n) is 8.87. The van der Waals surface area contributed by atoms with Crippen molar-refractivity contribution in [2.24, 2.45) is 5.92 Å². The summed E-state index contributed by atoms with van der Waals surface area (Å²) in [7, 11) is 1.30. The highest BCUT2D eigenvalue weighted by Gasteiger charge is 2.40. The van der Waals surface area contributed by atoms with E-state index in [1.807, 2.05) is 0 Å².